The van der Waals surface area contributed by atoms with Gasteiger partial charge in [0.1, 0.15) is 5.82 Å². The van der Waals surface area contributed by atoms with E-state index in [-0.39, 0.29) is 5.82 Å². The van der Waals surface area contributed by atoms with E-state index in [2.05, 4.69) is 4.90 Å². The normalized spacial score (nSPS) is 18.6. The number of anilines is 1. The van der Waals surface area contributed by atoms with Crippen LogP contribution in [0.15, 0.2) is 12.1 Å². The Bertz CT molecular complexity index is 415. The molecule has 1 N–H and O–H groups in total. The molecule has 1 saturated heterocycles. The summed E-state index contributed by atoms with van der Waals surface area (Å²) in [6, 6.07) is 3.35. The Balaban J connectivity index is 2.37. The number of benzene rings is 1. The van der Waals surface area contributed by atoms with Crippen LogP contribution in [0.2, 0.25) is 0 Å². The van der Waals surface area contributed by atoms with Crippen molar-refractivity contribution in [2.45, 2.75) is 26.4 Å². The number of aryl methyl sites for hydroxylation is 1. The maximum absolute atomic E-state index is 13.6. The van der Waals surface area contributed by atoms with Gasteiger partial charge in [-0.3, -0.25) is 0 Å². The van der Waals surface area contributed by atoms with Crippen LogP contribution in [0, 0.1) is 12.7 Å². The molecule has 18 heavy (non-hydrogen) atoms. The molecule has 2 nitrogen and oxygen atoms in total. The first-order valence-electron chi connectivity index (χ1n) is 6.40. The molecule has 0 aliphatic carbocycles. The van der Waals surface area contributed by atoms with Gasteiger partial charge in [-0.15, -0.1) is 0 Å². The molecule has 0 aromatic heterocycles. The van der Waals surface area contributed by atoms with Gasteiger partial charge in [0, 0.05) is 30.1 Å². The molecule has 1 aliphatic rings. The third-order valence-corrected chi connectivity index (χ3v) is 4.37. The van der Waals surface area contributed by atoms with Gasteiger partial charge in [0.05, 0.1) is 6.10 Å². The fourth-order valence-electron chi connectivity index (χ4n) is 2.28. The van der Waals surface area contributed by atoms with E-state index < -0.39 is 6.10 Å². The fraction of sp³-hybridized carbons (Fsp3) is 0.571. The van der Waals surface area contributed by atoms with E-state index in [1.807, 2.05) is 17.8 Å². The lowest BCUT2D eigenvalue weighted by Crippen LogP contribution is -2.27. The van der Waals surface area contributed by atoms with Crippen molar-refractivity contribution in [1.29, 1.82) is 0 Å². The number of hydrogen-bond acceptors (Lipinski definition) is 3. The lowest BCUT2D eigenvalue weighted by molar-refractivity contribution is 0.199. The average molecular weight is 269 g/mol. The molecule has 4 heteroatoms. The number of nitrogens with zero attached hydrogens (tertiary/aromatic N) is 1. The second-order valence-corrected chi connectivity index (χ2v) is 6.01. The van der Waals surface area contributed by atoms with Crippen molar-refractivity contribution < 1.29 is 9.50 Å². The van der Waals surface area contributed by atoms with E-state index in [4.69, 9.17) is 0 Å². The Kier molecular flexibility index (Phi) is 4.51. The highest BCUT2D eigenvalue weighted by Gasteiger charge is 2.18. The third-order valence-electron chi connectivity index (χ3n) is 3.32. The predicted molar refractivity (Wildman–Crippen MR) is 75.9 cm³/mol. The van der Waals surface area contributed by atoms with Gasteiger partial charge in [-0.25, -0.2) is 4.39 Å². The molecule has 2 rings (SSSR count). The number of aliphatic hydroxyl groups is 1. The summed E-state index contributed by atoms with van der Waals surface area (Å²) in [5.74, 6) is 2.04. The standard InChI is InChI=1S/C14H20FNOS/c1-10-8-14(12(11(2)17)9-13(10)15)16-4-3-6-18-7-5-16/h8-9,11,17H,3-7H2,1-2H3. The van der Waals surface area contributed by atoms with Crippen LogP contribution >= 0.6 is 11.8 Å². The van der Waals surface area contributed by atoms with Gasteiger partial charge >= 0.3 is 0 Å². The molecule has 1 aromatic carbocycles. The predicted octanol–water partition coefficient (Wildman–Crippen LogP) is 3.13. The monoisotopic (exact) mass is 269 g/mol. The molecule has 0 bridgehead atoms. The van der Waals surface area contributed by atoms with Crippen LogP contribution in [-0.4, -0.2) is 29.7 Å². The number of rotatable bonds is 2. The van der Waals surface area contributed by atoms with Crippen LogP contribution in [0.1, 0.15) is 30.6 Å². The maximum Gasteiger partial charge on any atom is 0.126 e. The van der Waals surface area contributed by atoms with Crippen LogP contribution in [0.4, 0.5) is 10.1 Å². The second kappa shape index (κ2) is 5.93. The summed E-state index contributed by atoms with van der Waals surface area (Å²) in [5.41, 5.74) is 2.34. The minimum atomic E-state index is -0.633. The van der Waals surface area contributed by atoms with E-state index in [1.54, 1.807) is 13.8 Å². The van der Waals surface area contributed by atoms with Crippen molar-refractivity contribution in [1.82, 2.24) is 0 Å². The summed E-state index contributed by atoms with van der Waals surface area (Å²) in [6.07, 6.45) is 0.506. The van der Waals surface area contributed by atoms with E-state index >= 15 is 0 Å². The van der Waals surface area contributed by atoms with Gasteiger partial charge < -0.3 is 10.0 Å². The van der Waals surface area contributed by atoms with Crippen molar-refractivity contribution in [2.24, 2.45) is 0 Å². The average Bonchev–Trinajstić information content (AvgIpc) is 2.60. The van der Waals surface area contributed by atoms with Gasteiger partial charge in [-0.05, 0) is 43.7 Å². The number of hydrogen-bond donors (Lipinski definition) is 1. The molecule has 1 unspecified atom stereocenters. The summed E-state index contributed by atoms with van der Waals surface area (Å²) in [7, 11) is 0. The molecule has 1 aliphatic heterocycles. The van der Waals surface area contributed by atoms with E-state index in [1.165, 1.54) is 11.8 Å². The molecule has 0 amide bonds. The Morgan fingerprint density at radius 3 is 2.83 bits per heavy atom. The number of aliphatic hydroxyl groups excluding tert-OH is 1. The van der Waals surface area contributed by atoms with Crippen LogP contribution in [0.3, 0.4) is 0 Å². The fourth-order valence-corrected chi connectivity index (χ4v) is 3.16. The van der Waals surface area contributed by atoms with Crippen LogP contribution in [-0.2, 0) is 0 Å². The summed E-state index contributed by atoms with van der Waals surface area (Å²) >= 11 is 1.96. The highest BCUT2D eigenvalue weighted by atomic mass is 32.2. The van der Waals surface area contributed by atoms with Crippen molar-refractivity contribution in [3.8, 4) is 0 Å². The Labute approximate surface area is 112 Å². The zero-order valence-electron chi connectivity index (χ0n) is 10.9. The lowest BCUT2D eigenvalue weighted by Gasteiger charge is -2.27. The number of halogens is 1. The van der Waals surface area contributed by atoms with Crippen molar-refractivity contribution in [3.05, 3.63) is 29.1 Å². The zero-order valence-corrected chi connectivity index (χ0v) is 11.8. The van der Waals surface area contributed by atoms with E-state index in [9.17, 15) is 9.50 Å². The summed E-state index contributed by atoms with van der Waals surface area (Å²) < 4.78 is 13.6. The third kappa shape index (κ3) is 2.98. The largest absolute Gasteiger partial charge is 0.389 e. The van der Waals surface area contributed by atoms with Crippen molar-refractivity contribution in [2.75, 3.05) is 29.5 Å². The molecule has 0 saturated carbocycles. The van der Waals surface area contributed by atoms with Crippen LogP contribution < -0.4 is 4.90 Å². The summed E-state index contributed by atoms with van der Waals surface area (Å²) in [6.45, 7) is 5.42. The summed E-state index contributed by atoms with van der Waals surface area (Å²) in [5, 5.41) is 9.82. The van der Waals surface area contributed by atoms with Gasteiger partial charge in [0.25, 0.3) is 0 Å². The Morgan fingerprint density at radius 1 is 1.33 bits per heavy atom. The van der Waals surface area contributed by atoms with Crippen molar-refractivity contribution >= 4 is 17.4 Å². The van der Waals surface area contributed by atoms with Gasteiger partial charge in [0.2, 0.25) is 0 Å². The van der Waals surface area contributed by atoms with Crippen molar-refractivity contribution in [3.63, 3.8) is 0 Å². The molecule has 0 radical (unpaired) electrons. The van der Waals surface area contributed by atoms with Crippen LogP contribution in [0.5, 0.6) is 0 Å². The van der Waals surface area contributed by atoms with E-state index in [0.717, 1.165) is 31.0 Å². The minimum absolute atomic E-state index is 0.237. The summed E-state index contributed by atoms with van der Waals surface area (Å²) in [4.78, 5) is 2.27. The Morgan fingerprint density at radius 2 is 2.11 bits per heavy atom. The first-order chi connectivity index (χ1) is 8.59. The topological polar surface area (TPSA) is 23.5 Å². The van der Waals surface area contributed by atoms with Gasteiger partial charge in [0.15, 0.2) is 0 Å². The molecule has 0 spiro atoms. The molecule has 1 aromatic rings. The molecule has 1 atom stereocenters. The lowest BCUT2D eigenvalue weighted by atomic mass is 10.0. The molecular weight excluding hydrogens is 249 g/mol. The number of thioether (sulfide) groups is 1. The highest BCUT2D eigenvalue weighted by molar-refractivity contribution is 7.99. The Hall–Kier alpha value is -0.740. The van der Waals surface area contributed by atoms with Crippen LogP contribution in [0.25, 0.3) is 0 Å². The maximum atomic E-state index is 13.6. The smallest absolute Gasteiger partial charge is 0.126 e. The molecule has 1 heterocycles. The molecule has 1 fully saturated rings. The van der Waals surface area contributed by atoms with Gasteiger partial charge in [-0.1, -0.05) is 0 Å². The van der Waals surface area contributed by atoms with Gasteiger partial charge in [-0.2, -0.15) is 11.8 Å². The van der Waals surface area contributed by atoms with E-state index in [0.29, 0.717) is 11.1 Å². The second-order valence-electron chi connectivity index (χ2n) is 4.79. The first-order valence-corrected chi connectivity index (χ1v) is 7.56. The first kappa shape index (κ1) is 13.7. The zero-order chi connectivity index (χ0) is 13.1. The quantitative estimate of drug-likeness (QED) is 0.892. The molecular formula is C14H20FNOS. The SMILES string of the molecule is Cc1cc(N2CCCSCC2)c(C(C)O)cc1F. The molecule has 100 valence electrons. The minimum Gasteiger partial charge on any atom is -0.389 e. The highest BCUT2D eigenvalue weighted by Crippen LogP contribution is 2.30.